The van der Waals surface area contributed by atoms with Crippen LogP contribution in [0.2, 0.25) is 10.0 Å². The molecule has 0 atom stereocenters. The van der Waals surface area contributed by atoms with Crippen molar-refractivity contribution in [1.29, 1.82) is 0 Å². The number of pyridine rings is 1. The minimum absolute atomic E-state index is 0.270. The van der Waals surface area contributed by atoms with Gasteiger partial charge in [0, 0.05) is 16.8 Å². The van der Waals surface area contributed by atoms with Crippen molar-refractivity contribution in [3.05, 3.63) is 63.5 Å². The van der Waals surface area contributed by atoms with Gasteiger partial charge < -0.3 is 10.1 Å². The van der Waals surface area contributed by atoms with Gasteiger partial charge in [0.2, 0.25) is 0 Å². The molecule has 1 aromatic heterocycles. The van der Waals surface area contributed by atoms with E-state index >= 15 is 0 Å². The molecule has 0 spiro atoms. The Balaban J connectivity index is 1.81. The van der Waals surface area contributed by atoms with Gasteiger partial charge in [-0.2, -0.15) is 0 Å². The standard InChI is InChI=1S/C19H15Cl2FN2O2/c1-10-7-12(22)4-6-16(10)24-17(25)9-26-19-15(21)8-14(20)13-5-3-11(2)23-18(13)19/h3-8H,9H2,1-2H3,(H,24,25). The van der Waals surface area contributed by atoms with E-state index in [0.29, 0.717) is 32.9 Å². The smallest absolute Gasteiger partial charge is 0.262 e. The molecule has 4 nitrogen and oxygen atoms in total. The number of rotatable bonds is 4. The summed E-state index contributed by atoms with van der Waals surface area (Å²) in [6, 6.07) is 9.32. The molecule has 0 aliphatic carbocycles. The third-order valence-corrected chi connectivity index (χ3v) is 4.38. The number of carbonyl (C=O) groups excluding carboxylic acids is 1. The van der Waals surface area contributed by atoms with E-state index in [1.807, 2.05) is 19.1 Å². The molecule has 7 heteroatoms. The number of anilines is 1. The Labute approximate surface area is 159 Å². The second-order valence-corrected chi connectivity index (χ2v) is 6.63. The van der Waals surface area contributed by atoms with Crippen molar-refractivity contribution in [1.82, 2.24) is 4.98 Å². The summed E-state index contributed by atoms with van der Waals surface area (Å²) in [5.41, 5.74) is 2.40. The number of aryl methyl sites for hydroxylation is 2. The molecule has 0 saturated carbocycles. The molecule has 1 heterocycles. The lowest BCUT2D eigenvalue weighted by atomic mass is 10.2. The second kappa shape index (κ2) is 7.48. The van der Waals surface area contributed by atoms with Crippen LogP contribution in [0.25, 0.3) is 10.9 Å². The number of benzene rings is 2. The maximum atomic E-state index is 13.1. The molecule has 2 aromatic carbocycles. The first-order valence-corrected chi connectivity index (χ1v) is 8.55. The Kier molecular flexibility index (Phi) is 5.30. The minimum Gasteiger partial charge on any atom is -0.480 e. The molecule has 0 radical (unpaired) electrons. The zero-order valence-corrected chi connectivity index (χ0v) is 15.6. The molecule has 3 aromatic rings. The molecule has 134 valence electrons. The third kappa shape index (κ3) is 3.89. The fourth-order valence-corrected chi connectivity index (χ4v) is 3.09. The van der Waals surface area contributed by atoms with E-state index in [9.17, 15) is 9.18 Å². The van der Waals surface area contributed by atoms with E-state index in [1.165, 1.54) is 18.2 Å². The van der Waals surface area contributed by atoms with Gasteiger partial charge >= 0.3 is 0 Å². The number of hydrogen-bond donors (Lipinski definition) is 1. The third-order valence-electron chi connectivity index (χ3n) is 3.79. The highest BCUT2D eigenvalue weighted by Gasteiger charge is 2.15. The van der Waals surface area contributed by atoms with Crippen LogP contribution in [-0.2, 0) is 4.79 Å². The van der Waals surface area contributed by atoms with Gasteiger partial charge in [0.05, 0.1) is 10.0 Å². The fraction of sp³-hybridized carbons (Fsp3) is 0.158. The van der Waals surface area contributed by atoms with Gasteiger partial charge in [-0.3, -0.25) is 4.79 Å². The first-order valence-electron chi connectivity index (χ1n) is 7.79. The van der Waals surface area contributed by atoms with Crippen LogP contribution in [0, 0.1) is 19.7 Å². The fourth-order valence-electron chi connectivity index (χ4n) is 2.52. The lowest BCUT2D eigenvalue weighted by Crippen LogP contribution is -2.21. The molecule has 0 bridgehead atoms. The van der Waals surface area contributed by atoms with Crippen LogP contribution in [0.15, 0.2) is 36.4 Å². The van der Waals surface area contributed by atoms with Crippen molar-refractivity contribution in [3.63, 3.8) is 0 Å². The summed E-state index contributed by atoms with van der Waals surface area (Å²) in [5.74, 6) is -0.468. The maximum Gasteiger partial charge on any atom is 0.262 e. The second-order valence-electron chi connectivity index (χ2n) is 5.81. The Morgan fingerprint density at radius 1 is 1.15 bits per heavy atom. The zero-order valence-electron chi connectivity index (χ0n) is 14.1. The quantitative estimate of drug-likeness (QED) is 0.653. The lowest BCUT2D eigenvalue weighted by molar-refractivity contribution is -0.118. The van der Waals surface area contributed by atoms with Crippen LogP contribution in [-0.4, -0.2) is 17.5 Å². The van der Waals surface area contributed by atoms with Gasteiger partial charge in [0.15, 0.2) is 12.4 Å². The molecular formula is C19H15Cl2FN2O2. The number of nitrogens with zero attached hydrogens (tertiary/aromatic N) is 1. The highest BCUT2D eigenvalue weighted by atomic mass is 35.5. The molecule has 26 heavy (non-hydrogen) atoms. The van der Waals surface area contributed by atoms with E-state index in [-0.39, 0.29) is 17.4 Å². The van der Waals surface area contributed by atoms with Crippen LogP contribution in [0.3, 0.4) is 0 Å². The average molecular weight is 393 g/mol. The van der Waals surface area contributed by atoms with Crippen molar-refractivity contribution in [3.8, 4) is 5.75 Å². The molecule has 0 fully saturated rings. The monoisotopic (exact) mass is 392 g/mol. The maximum absolute atomic E-state index is 13.1. The van der Waals surface area contributed by atoms with Crippen LogP contribution in [0.1, 0.15) is 11.3 Å². The van der Waals surface area contributed by atoms with Crippen molar-refractivity contribution in [2.75, 3.05) is 11.9 Å². The predicted molar refractivity (Wildman–Crippen MR) is 102 cm³/mol. The number of aromatic nitrogens is 1. The first kappa shape index (κ1) is 18.4. The van der Waals surface area contributed by atoms with E-state index in [4.69, 9.17) is 27.9 Å². The van der Waals surface area contributed by atoms with E-state index in [0.717, 1.165) is 5.69 Å². The number of carbonyl (C=O) groups is 1. The molecule has 3 rings (SSSR count). The summed E-state index contributed by atoms with van der Waals surface area (Å²) in [6.07, 6.45) is 0. The van der Waals surface area contributed by atoms with Gasteiger partial charge in [-0.25, -0.2) is 9.37 Å². The van der Waals surface area contributed by atoms with Crippen LogP contribution < -0.4 is 10.1 Å². The van der Waals surface area contributed by atoms with E-state index in [2.05, 4.69) is 10.3 Å². The number of nitrogens with one attached hydrogen (secondary N) is 1. The normalized spacial score (nSPS) is 10.8. The number of amides is 1. The Hall–Kier alpha value is -2.37. The molecule has 1 amide bonds. The van der Waals surface area contributed by atoms with Crippen LogP contribution in [0.5, 0.6) is 5.75 Å². The Bertz CT molecular complexity index is 1010. The lowest BCUT2D eigenvalue weighted by Gasteiger charge is -2.13. The molecule has 0 aliphatic rings. The summed E-state index contributed by atoms with van der Waals surface area (Å²) in [6.45, 7) is 3.26. The van der Waals surface area contributed by atoms with Crippen molar-refractivity contribution in [2.24, 2.45) is 0 Å². The van der Waals surface area contributed by atoms with Gasteiger partial charge in [0.25, 0.3) is 5.91 Å². The van der Waals surface area contributed by atoms with Crippen molar-refractivity contribution >= 4 is 45.7 Å². The molecule has 0 saturated heterocycles. The summed E-state index contributed by atoms with van der Waals surface area (Å²) >= 11 is 12.4. The van der Waals surface area contributed by atoms with Gasteiger partial charge in [-0.1, -0.05) is 23.2 Å². The van der Waals surface area contributed by atoms with E-state index in [1.54, 1.807) is 13.0 Å². The number of fused-ring (bicyclic) bond motifs is 1. The van der Waals surface area contributed by atoms with Crippen molar-refractivity contribution < 1.29 is 13.9 Å². The number of ether oxygens (including phenoxy) is 1. The summed E-state index contributed by atoms with van der Waals surface area (Å²) in [5, 5.41) is 4.09. The average Bonchev–Trinajstić information content (AvgIpc) is 2.57. The van der Waals surface area contributed by atoms with Gasteiger partial charge in [-0.05, 0) is 55.8 Å². The predicted octanol–water partition coefficient (Wildman–Crippen LogP) is 5.32. The highest BCUT2D eigenvalue weighted by molar-refractivity contribution is 6.39. The Morgan fingerprint density at radius 2 is 1.92 bits per heavy atom. The van der Waals surface area contributed by atoms with Crippen LogP contribution in [0.4, 0.5) is 10.1 Å². The van der Waals surface area contributed by atoms with Gasteiger partial charge in [0.1, 0.15) is 11.3 Å². The zero-order chi connectivity index (χ0) is 18.8. The topological polar surface area (TPSA) is 51.2 Å². The summed E-state index contributed by atoms with van der Waals surface area (Å²) in [7, 11) is 0. The first-order chi connectivity index (χ1) is 12.3. The van der Waals surface area contributed by atoms with Crippen molar-refractivity contribution in [2.45, 2.75) is 13.8 Å². The SMILES string of the molecule is Cc1ccc2c(Cl)cc(Cl)c(OCC(=O)Nc3ccc(F)cc3C)c2n1. The largest absolute Gasteiger partial charge is 0.480 e. The number of hydrogen-bond acceptors (Lipinski definition) is 3. The molecule has 0 aliphatic heterocycles. The van der Waals surface area contributed by atoms with Gasteiger partial charge in [-0.15, -0.1) is 0 Å². The minimum atomic E-state index is -0.397. The summed E-state index contributed by atoms with van der Waals surface area (Å²) in [4.78, 5) is 16.6. The van der Waals surface area contributed by atoms with E-state index < -0.39 is 5.91 Å². The number of halogens is 3. The molecular weight excluding hydrogens is 378 g/mol. The molecule has 0 unspecified atom stereocenters. The molecule has 1 N–H and O–H groups in total. The highest BCUT2D eigenvalue weighted by Crippen LogP contribution is 2.37. The van der Waals surface area contributed by atoms with Crippen LogP contribution >= 0.6 is 23.2 Å². The summed E-state index contributed by atoms with van der Waals surface area (Å²) < 4.78 is 18.8. The Morgan fingerprint density at radius 3 is 2.65 bits per heavy atom.